The molecule has 2 rings (SSSR count). The van der Waals surface area contributed by atoms with Gasteiger partial charge in [-0.05, 0) is 13.8 Å². The Balaban J connectivity index is 1.90. The number of ether oxygens (including phenoxy) is 1. The summed E-state index contributed by atoms with van der Waals surface area (Å²) in [5, 5.41) is 8.69. The van der Waals surface area contributed by atoms with Gasteiger partial charge in [-0.2, -0.15) is 17.0 Å². The van der Waals surface area contributed by atoms with Crippen LogP contribution in [-0.4, -0.2) is 91.0 Å². The van der Waals surface area contributed by atoms with Crippen LogP contribution in [0.4, 0.5) is 0 Å². The van der Waals surface area contributed by atoms with Crippen molar-refractivity contribution < 1.29 is 23.1 Å². The zero-order valence-corrected chi connectivity index (χ0v) is 14.0. The van der Waals surface area contributed by atoms with Crippen LogP contribution in [0, 0.1) is 0 Å². The molecular formula is C13H25N3O5S. The molecule has 0 aromatic carbocycles. The van der Waals surface area contributed by atoms with Crippen molar-refractivity contribution in [2.75, 3.05) is 45.8 Å². The number of aliphatic carboxylic acids is 1. The molecule has 0 aromatic heterocycles. The summed E-state index contributed by atoms with van der Waals surface area (Å²) in [6.07, 6.45) is -0.114. The zero-order valence-electron chi connectivity index (χ0n) is 13.1. The lowest BCUT2D eigenvalue weighted by Gasteiger charge is -2.40. The van der Waals surface area contributed by atoms with Crippen molar-refractivity contribution in [3.63, 3.8) is 0 Å². The van der Waals surface area contributed by atoms with Gasteiger partial charge in [-0.15, -0.1) is 0 Å². The maximum Gasteiger partial charge on any atom is 0.304 e. The van der Waals surface area contributed by atoms with E-state index in [4.69, 9.17) is 9.84 Å². The fraction of sp³-hybridized carbons (Fsp3) is 0.923. The molecule has 0 spiro atoms. The molecule has 2 heterocycles. The van der Waals surface area contributed by atoms with Crippen molar-refractivity contribution in [2.24, 2.45) is 0 Å². The fourth-order valence-electron chi connectivity index (χ4n) is 2.92. The van der Waals surface area contributed by atoms with E-state index in [-0.39, 0.29) is 18.6 Å². The Morgan fingerprint density at radius 2 is 1.64 bits per heavy atom. The van der Waals surface area contributed by atoms with E-state index in [9.17, 15) is 13.2 Å². The molecular weight excluding hydrogens is 310 g/mol. The molecule has 2 aliphatic heterocycles. The van der Waals surface area contributed by atoms with E-state index in [1.54, 1.807) is 0 Å². The number of morpholine rings is 1. The standard InChI is InChI=1S/C13H25N3O5S/c1-11-9-16(10-12(2)21-11)22(19,20)15-7-5-14(6-8-15)4-3-13(17)18/h11-12H,3-10H2,1-2H3,(H,17,18). The van der Waals surface area contributed by atoms with Crippen LogP contribution in [-0.2, 0) is 19.7 Å². The predicted octanol–water partition coefficient (Wildman–Crippen LogP) is -0.567. The summed E-state index contributed by atoms with van der Waals surface area (Å²) < 4.78 is 34.0. The molecule has 1 N–H and O–H groups in total. The Labute approximate surface area is 131 Å². The van der Waals surface area contributed by atoms with Gasteiger partial charge in [-0.3, -0.25) is 4.79 Å². The number of hydrogen-bond acceptors (Lipinski definition) is 5. The monoisotopic (exact) mass is 335 g/mol. The summed E-state index contributed by atoms with van der Waals surface area (Å²) in [7, 11) is -3.46. The van der Waals surface area contributed by atoms with Crippen molar-refractivity contribution in [1.82, 2.24) is 13.5 Å². The Morgan fingerprint density at radius 3 is 2.14 bits per heavy atom. The minimum absolute atomic E-state index is 0.0885. The highest BCUT2D eigenvalue weighted by Gasteiger charge is 2.36. The third-order valence-electron chi connectivity index (χ3n) is 4.01. The molecule has 2 saturated heterocycles. The lowest BCUT2D eigenvalue weighted by molar-refractivity contribution is -0.137. The van der Waals surface area contributed by atoms with Gasteiger partial charge in [0.25, 0.3) is 10.2 Å². The Hall–Kier alpha value is -0.740. The topological polar surface area (TPSA) is 90.4 Å². The van der Waals surface area contributed by atoms with Crippen LogP contribution in [0.3, 0.4) is 0 Å². The number of rotatable bonds is 5. The third kappa shape index (κ3) is 4.39. The maximum absolute atomic E-state index is 12.7. The first-order valence-electron chi connectivity index (χ1n) is 7.64. The van der Waals surface area contributed by atoms with Crippen LogP contribution in [0.25, 0.3) is 0 Å². The normalized spacial score (nSPS) is 29.5. The first-order chi connectivity index (χ1) is 10.3. The minimum Gasteiger partial charge on any atom is -0.481 e. The molecule has 2 fully saturated rings. The summed E-state index contributed by atoms with van der Waals surface area (Å²) in [6.45, 7) is 6.94. The SMILES string of the molecule is CC1CN(S(=O)(=O)N2CCN(CCC(=O)O)CC2)CC(C)O1. The van der Waals surface area contributed by atoms with E-state index in [0.29, 0.717) is 45.8 Å². The van der Waals surface area contributed by atoms with Gasteiger partial charge >= 0.3 is 5.97 Å². The highest BCUT2D eigenvalue weighted by Crippen LogP contribution is 2.18. The number of piperazine rings is 1. The van der Waals surface area contributed by atoms with Crippen LogP contribution in [0.1, 0.15) is 20.3 Å². The third-order valence-corrected chi connectivity index (χ3v) is 5.98. The first-order valence-corrected chi connectivity index (χ1v) is 9.03. The summed E-state index contributed by atoms with van der Waals surface area (Å²) in [5.74, 6) is -0.827. The van der Waals surface area contributed by atoms with Crippen molar-refractivity contribution in [2.45, 2.75) is 32.5 Å². The summed E-state index contributed by atoms with van der Waals surface area (Å²) in [5.41, 5.74) is 0. The van der Waals surface area contributed by atoms with Crippen LogP contribution < -0.4 is 0 Å². The number of hydrogen-bond donors (Lipinski definition) is 1. The van der Waals surface area contributed by atoms with Gasteiger partial charge in [0.15, 0.2) is 0 Å². The molecule has 9 heteroatoms. The van der Waals surface area contributed by atoms with Crippen LogP contribution >= 0.6 is 0 Å². The second-order valence-corrected chi connectivity index (χ2v) is 7.89. The predicted molar refractivity (Wildman–Crippen MR) is 80.8 cm³/mol. The van der Waals surface area contributed by atoms with Gasteiger partial charge in [0.1, 0.15) is 0 Å². The summed E-state index contributed by atoms with van der Waals surface area (Å²) in [6, 6.07) is 0. The van der Waals surface area contributed by atoms with Crippen molar-refractivity contribution in [1.29, 1.82) is 0 Å². The molecule has 0 amide bonds. The molecule has 2 atom stereocenters. The average molecular weight is 335 g/mol. The van der Waals surface area contributed by atoms with Gasteiger partial charge < -0.3 is 14.7 Å². The highest BCUT2D eigenvalue weighted by atomic mass is 32.2. The molecule has 2 aliphatic rings. The largest absolute Gasteiger partial charge is 0.481 e. The Bertz CT molecular complexity index is 480. The quantitative estimate of drug-likeness (QED) is 0.724. The molecule has 22 heavy (non-hydrogen) atoms. The second-order valence-electron chi connectivity index (χ2n) is 5.97. The number of carboxylic acid groups (broad SMARTS) is 1. The summed E-state index contributed by atoms with van der Waals surface area (Å²) in [4.78, 5) is 12.6. The van der Waals surface area contributed by atoms with Crippen molar-refractivity contribution in [3.8, 4) is 0 Å². The van der Waals surface area contributed by atoms with E-state index in [0.717, 1.165) is 0 Å². The molecule has 2 unspecified atom stereocenters. The minimum atomic E-state index is -3.46. The van der Waals surface area contributed by atoms with Gasteiger partial charge in [0, 0.05) is 45.8 Å². The first kappa shape index (κ1) is 17.6. The van der Waals surface area contributed by atoms with E-state index < -0.39 is 16.2 Å². The number of carboxylic acids is 1. The fourth-order valence-corrected chi connectivity index (χ4v) is 4.67. The van der Waals surface area contributed by atoms with E-state index in [1.165, 1.54) is 8.61 Å². The Kier molecular flexibility index (Phi) is 5.78. The van der Waals surface area contributed by atoms with Gasteiger partial charge in [0.2, 0.25) is 0 Å². The van der Waals surface area contributed by atoms with E-state index in [2.05, 4.69) is 0 Å². The number of nitrogens with zero attached hydrogens (tertiary/aromatic N) is 3. The number of carbonyl (C=O) groups is 1. The van der Waals surface area contributed by atoms with Crippen LogP contribution in [0.5, 0.6) is 0 Å². The molecule has 0 radical (unpaired) electrons. The Morgan fingerprint density at radius 1 is 1.09 bits per heavy atom. The maximum atomic E-state index is 12.7. The molecule has 0 saturated carbocycles. The molecule has 0 bridgehead atoms. The highest BCUT2D eigenvalue weighted by molar-refractivity contribution is 7.86. The summed E-state index contributed by atoms with van der Waals surface area (Å²) >= 11 is 0. The van der Waals surface area contributed by atoms with Crippen molar-refractivity contribution >= 4 is 16.2 Å². The smallest absolute Gasteiger partial charge is 0.304 e. The average Bonchev–Trinajstić information content (AvgIpc) is 2.44. The second kappa shape index (κ2) is 7.22. The molecule has 8 nitrogen and oxygen atoms in total. The molecule has 0 aliphatic carbocycles. The van der Waals surface area contributed by atoms with Gasteiger partial charge in [-0.1, -0.05) is 0 Å². The van der Waals surface area contributed by atoms with Gasteiger partial charge in [-0.25, -0.2) is 0 Å². The van der Waals surface area contributed by atoms with Crippen LogP contribution in [0.15, 0.2) is 0 Å². The zero-order chi connectivity index (χ0) is 16.3. The van der Waals surface area contributed by atoms with E-state index in [1.807, 2.05) is 18.7 Å². The van der Waals surface area contributed by atoms with E-state index >= 15 is 0 Å². The van der Waals surface area contributed by atoms with Crippen LogP contribution in [0.2, 0.25) is 0 Å². The molecule has 128 valence electrons. The lowest BCUT2D eigenvalue weighted by Crippen LogP contribution is -2.57. The van der Waals surface area contributed by atoms with Gasteiger partial charge in [0.05, 0.1) is 18.6 Å². The van der Waals surface area contributed by atoms with Crippen molar-refractivity contribution in [3.05, 3.63) is 0 Å². The molecule has 0 aromatic rings. The lowest BCUT2D eigenvalue weighted by atomic mass is 10.3.